The fourth-order valence-electron chi connectivity index (χ4n) is 1.74. The van der Waals surface area contributed by atoms with E-state index >= 15 is 0 Å². The maximum absolute atomic E-state index is 4.11. The Hall–Kier alpha value is 0.654. The normalized spacial score (nSPS) is 23.5. The maximum Gasteiger partial charge on any atom is 0.129 e. The van der Waals surface area contributed by atoms with E-state index in [2.05, 4.69) is 48.8 Å². The average Bonchev–Trinajstić information content (AvgIpc) is 2.06. The van der Waals surface area contributed by atoms with E-state index in [1.165, 1.54) is 12.1 Å². The van der Waals surface area contributed by atoms with E-state index in [9.17, 15) is 0 Å². The zero-order chi connectivity index (χ0) is 9.57. The fraction of sp³-hybridized carbons (Fsp3) is 0.778. The summed E-state index contributed by atoms with van der Waals surface area (Å²) in [5.41, 5.74) is 3.34. The molecule has 0 bridgehead atoms. The molecule has 0 aromatic rings. The van der Waals surface area contributed by atoms with Crippen molar-refractivity contribution in [3.05, 3.63) is 11.1 Å². The fourth-order valence-corrected chi connectivity index (χ4v) is 12.5. The molecule has 1 aliphatic rings. The van der Waals surface area contributed by atoms with Gasteiger partial charge in [-0.3, -0.25) is 0 Å². The minimum absolute atomic E-state index is 0.918. The van der Waals surface area contributed by atoms with Gasteiger partial charge in [0.25, 0.3) is 0 Å². The Kier molecular flexibility index (Phi) is 2.77. The van der Waals surface area contributed by atoms with Crippen molar-refractivity contribution in [2.24, 2.45) is 0 Å². The molecule has 70 valence electrons. The van der Waals surface area contributed by atoms with Crippen molar-refractivity contribution in [1.29, 1.82) is 0 Å². The van der Waals surface area contributed by atoms with E-state index in [0.717, 1.165) is 0 Å². The quantitative estimate of drug-likeness (QED) is 0.380. The molecule has 0 aromatic heterocycles. The first kappa shape index (κ1) is 10.7. The van der Waals surface area contributed by atoms with Crippen LogP contribution in [-0.2, 0) is 0 Å². The van der Waals surface area contributed by atoms with Crippen LogP contribution in [0.4, 0.5) is 0 Å². The molecule has 0 amide bonds. The lowest BCUT2D eigenvalue weighted by atomic mass is 10.2. The van der Waals surface area contributed by atoms with Crippen molar-refractivity contribution in [3.63, 3.8) is 0 Å². The zero-order valence-electron chi connectivity index (χ0n) is 8.79. The molecule has 12 heavy (non-hydrogen) atoms. The molecule has 0 atom stereocenters. The van der Waals surface area contributed by atoms with Crippen LogP contribution in [0.5, 0.6) is 0 Å². The van der Waals surface area contributed by atoms with Gasteiger partial charge in [-0.1, -0.05) is 30.8 Å². The Labute approximate surface area is 85.8 Å². The minimum atomic E-state index is -1.04. The molecule has 0 radical (unpaired) electrons. The van der Waals surface area contributed by atoms with Gasteiger partial charge in [-0.2, -0.15) is 0 Å². The van der Waals surface area contributed by atoms with Crippen LogP contribution in [0.15, 0.2) is 11.1 Å². The summed E-state index contributed by atoms with van der Waals surface area (Å²) in [5, 5.41) is 0. The highest BCUT2D eigenvalue weighted by Crippen LogP contribution is 2.44. The first-order valence-corrected chi connectivity index (χ1v) is 13.8. The Morgan fingerprint density at radius 3 is 1.58 bits per heavy atom. The third-order valence-electron chi connectivity index (χ3n) is 3.16. The number of halogens is 1. The highest BCUT2D eigenvalue weighted by Gasteiger charge is 2.46. The predicted octanol–water partition coefficient (Wildman–Crippen LogP) is 4.09. The summed E-state index contributed by atoms with van der Waals surface area (Å²) in [5.74, 6) is 0. The van der Waals surface area contributed by atoms with Crippen molar-refractivity contribution in [3.8, 4) is 0 Å². The van der Waals surface area contributed by atoms with Crippen LogP contribution in [0.1, 0.15) is 13.8 Å². The molecule has 0 aliphatic carbocycles. The van der Waals surface area contributed by atoms with Gasteiger partial charge in [0, 0.05) is 0 Å². The average molecular weight is 263 g/mol. The molecule has 0 nitrogen and oxygen atoms in total. The lowest BCUT2D eigenvalue weighted by Gasteiger charge is -2.33. The van der Waals surface area contributed by atoms with Crippen LogP contribution in [0.25, 0.3) is 0 Å². The Balaban J connectivity index is 2.84. The summed E-state index contributed by atoms with van der Waals surface area (Å²) < 4.78 is 0. The van der Waals surface area contributed by atoms with E-state index in [4.69, 9.17) is 0 Å². The third kappa shape index (κ3) is 1.77. The molecule has 3 heteroatoms. The molecular weight excluding hydrogens is 244 g/mol. The van der Waals surface area contributed by atoms with E-state index in [0.29, 0.717) is 0 Å². The number of allylic oxidation sites excluding steroid dienone is 2. The van der Waals surface area contributed by atoms with E-state index in [1.54, 1.807) is 11.1 Å². The van der Waals surface area contributed by atoms with Crippen molar-refractivity contribution in [1.82, 2.24) is 0 Å². The second-order valence-electron chi connectivity index (χ2n) is 5.13. The molecule has 0 fully saturated rings. The van der Waals surface area contributed by atoms with Gasteiger partial charge in [-0.25, -0.2) is 0 Å². The van der Waals surface area contributed by atoms with E-state index in [-0.39, 0.29) is 0 Å². The number of rotatable bonds is 1. The Morgan fingerprint density at radius 2 is 1.42 bits per heavy atom. The Bertz CT molecular complexity index is 211. The van der Waals surface area contributed by atoms with Crippen molar-refractivity contribution in [2.75, 3.05) is 0 Å². The first-order chi connectivity index (χ1) is 5.26. The molecular formula is C9H19BrSi2. The molecule has 0 spiro atoms. The van der Waals surface area contributed by atoms with E-state index in [1.807, 2.05) is 0 Å². The van der Waals surface area contributed by atoms with Crippen LogP contribution < -0.4 is 0 Å². The predicted molar refractivity (Wildman–Crippen MR) is 66.0 cm³/mol. The van der Waals surface area contributed by atoms with Crippen LogP contribution >= 0.6 is 15.3 Å². The summed E-state index contributed by atoms with van der Waals surface area (Å²) in [6.07, 6.45) is -1.04. The summed E-state index contributed by atoms with van der Waals surface area (Å²) in [7, 11) is -0.918. The largest absolute Gasteiger partial charge is 0.129 e. The van der Waals surface area contributed by atoms with Gasteiger partial charge in [-0.05, 0) is 25.9 Å². The number of hydrogen-bond donors (Lipinski definition) is 0. The van der Waals surface area contributed by atoms with Gasteiger partial charge in [0.05, 0.1) is 7.59 Å². The molecule has 0 saturated carbocycles. The van der Waals surface area contributed by atoms with Crippen molar-refractivity contribution >= 4 is 29.1 Å². The van der Waals surface area contributed by atoms with Gasteiger partial charge in [0.1, 0.15) is 6.21 Å². The van der Waals surface area contributed by atoms with Crippen molar-refractivity contribution in [2.45, 2.75) is 45.6 Å². The second-order valence-corrected chi connectivity index (χ2v) is 26.4. The van der Waals surface area contributed by atoms with Gasteiger partial charge in [-0.15, -0.1) is 15.3 Å². The lowest BCUT2D eigenvalue weighted by Crippen LogP contribution is -2.50. The molecule has 0 saturated heterocycles. The standard InChI is InChI=1S/C9H19BrSi2/c1-8-6-12(10,7-9(8)2)11(3,4)5/h6-7H2,1-5H3. The molecule has 1 heterocycles. The molecule has 1 rings (SSSR count). The number of hydrogen-bond acceptors (Lipinski definition) is 0. The molecule has 0 unspecified atom stereocenters. The third-order valence-corrected chi connectivity index (χ3v) is 29.5. The molecule has 0 aromatic carbocycles. The van der Waals surface area contributed by atoms with Gasteiger partial charge < -0.3 is 0 Å². The van der Waals surface area contributed by atoms with Gasteiger partial charge >= 0.3 is 0 Å². The highest BCUT2D eigenvalue weighted by molar-refractivity contribution is 9.27. The smallest absolute Gasteiger partial charge is 0.129 e. The summed E-state index contributed by atoms with van der Waals surface area (Å²) in [4.78, 5) is 0. The van der Waals surface area contributed by atoms with Crippen LogP contribution in [-0.4, -0.2) is 13.8 Å². The van der Waals surface area contributed by atoms with Gasteiger partial charge in [0.2, 0.25) is 0 Å². The minimum Gasteiger partial charge on any atom is -0.129 e. The zero-order valence-corrected chi connectivity index (χ0v) is 12.4. The second kappa shape index (κ2) is 3.10. The van der Waals surface area contributed by atoms with E-state index < -0.39 is 13.8 Å². The summed E-state index contributed by atoms with van der Waals surface area (Å²) in [6.45, 7) is 12.2. The molecule has 0 N–H and O–H groups in total. The maximum atomic E-state index is 4.11. The topological polar surface area (TPSA) is 0 Å². The molecule has 1 aliphatic heterocycles. The Morgan fingerprint density at radius 1 is 1.08 bits per heavy atom. The first-order valence-electron chi connectivity index (χ1n) is 4.60. The highest BCUT2D eigenvalue weighted by atomic mass is 79.9. The summed E-state index contributed by atoms with van der Waals surface area (Å²) >= 11 is 4.11. The van der Waals surface area contributed by atoms with Crippen LogP contribution in [0.2, 0.25) is 31.7 Å². The lowest BCUT2D eigenvalue weighted by molar-refractivity contribution is 1.28. The monoisotopic (exact) mass is 262 g/mol. The summed E-state index contributed by atoms with van der Waals surface area (Å²) in [6, 6.07) is 2.82. The van der Waals surface area contributed by atoms with Crippen LogP contribution in [0, 0.1) is 0 Å². The van der Waals surface area contributed by atoms with Crippen molar-refractivity contribution < 1.29 is 0 Å². The van der Waals surface area contributed by atoms with Gasteiger partial charge in [0.15, 0.2) is 0 Å². The SMILES string of the molecule is CC1=C(C)C[Si](Br)([Si](C)(C)C)C1. The van der Waals surface area contributed by atoms with Crippen LogP contribution in [0.3, 0.4) is 0 Å².